The molecule has 4 heteroatoms. The third-order valence-electron chi connectivity index (χ3n) is 2.77. The van der Waals surface area contributed by atoms with E-state index >= 15 is 0 Å². The molecule has 0 fully saturated rings. The van der Waals surface area contributed by atoms with Gasteiger partial charge >= 0.3 is 5.97 Å². The number of hydrogen-bond acceptors (Lipinski definition) is 4. The second-order valence-corrected chi connectivity index (χ2v) is 4.99. The number of unbranched alkanes of at least 4 members (excludes halogenated alkanes) is 1. The predicted octanol–water partition coefficient (Wildman–Crippen LogP) is 2.31. The van der Waals surface area contributed by atoms with Gasteiger partial charge in [-0.2, -0.15) is 0 Å². The molecule has 0 spiro atoms. The maximum atomic E-state index is 11.4. The van der Waals surface area contributed by atoms with Gasteiger partial charge in [-0.15, -0.1) is 0 Å². The number of ketones is 1. The van der Waals surface area contributed by atoms with Gasteiger partial charge in [0.1, 0.15) is 0 Å². The van der Waals surface area contributed by atoms with Gasteiger partial charge in [0.25, 0.3) is 0 Å². The Kier molecular flexibility index (Phi) is 6.50. The molecule has 0 heterocycles. The van der Waals surface area contributed by atoms with Gasteiger partial charge in [-0.25, -0.2) is 0 Å². The fraction of sp³-hybridized carbons (Fsp3) is 0.600. The molecule has 1 unspecified atom stereocenters. The normalized spacial score (nSPS) is 19.3. The minimum atomic E-state index is -0.610. The molecule has 0 bridgehead atoms. The second-order valence-electron chi connectivity index (χ2n) is 4.99. The molecule has 19 heavy (non-hydrogen) atoms. The maximum Gasteiger partial charge on any atom is 0.306 e. The lowest BCUT2D eigenvalue weighted by Crippen LogP contribution is -2.10. The highest BCUT2D eigenvalue weighted by Crippen LogP contribution is 2.18. The van der Waals surface area contributed by atoms with Crippen molar-refractivity contribution in [2.75, 3.05) is 0 Å². The van der Waals surface area contributed by atoms with Gasteiger partial charge in [-0.1, -0.05) is 12.2 Å². The van der Waals surface area contributed by atoms with E-state index in [1.54, 1.807) is 6.08 Å². The van der Waals surface area contributed by atoms with E-state index < -0.39 is 6.10 Å². The molecule has 0 aromatic carbocycles. The second kappa shape index (κ2) is 7.89. The molecule has 0 aliphatic heterocycles. The third-order valence-corrected chi connectivity index (χ3v) is 2.77. The average Bonchev–Trinajstić information content (AvgIpc) is 2.61. The van der Waals surface area contributed by atoms with Crippen molar-refractivity contribution in [2.45, 2.75) is 58.2 Å². The first-order valence-electron chi connectivity index (χ1n) is 6.75. The summed E-state index contributed by atoms with van der Waals surface area (Å²) < 4.78 is 5.02. The summed E-state index contributed by atoms with van der Waals surface area (Å²) in [6, 6.07) is 0. The molecule has 1 aliphatic rings. The zero-order valence-corrected chi connectivity index (χ0v) is 11.6. The first-order chi connectivity index (χ1) is 8.99. The van der Waals surface area contributed by atoms with Crippen LogP contribution in [0, 0.1) is 0 Å². The van der Waals surface area contributed by atoms with E-state index in [-0.39, 0.29) is 24.3 Å². The van der Waals surface area contributed by atoms with E-state index in [0.29, 0.717) is 18.4 Å². The van der Waals surface area contributed by atoms with Crippen molar-refractivity contribution in [3.8, 4) is 0 Å². The zero-order valence-electron chi connectivity index (χ0n) is 11.6. The average molecular weight is 266 g/mol. The highest BCUT2D eigenvalue weighted by atomic mass is 16.5. The van der Waals surface area contributed by atoms with E-state index in [4.69, 9.17) is 4.74 Å². The van der Waals surface area contributed by atoms with Crippen LogP contribution in [0.2, 0.25) is 0 Å². The largest absolute Gasteiger partial charge is 0.463 e. The van der Waals surface area contributed by atoms with Crippen molar-refractivity contribution in [3.05, 3.63) is 23.8 Å². The molecule has 0 aromatic rings. The quantitative estimate of drug-likeness (QED) is 0.436. The number of ether oxygens (including phenoxy) is 1. The smallest absolute Gasteiger partial charge is 0.306 e. The molecule has 0 amide bonds. The monoisotopic (exact) mass is 266 g/mol. The predicted molar refractivity (Wildman–Crippen MR) is 72.5 cm³/mol. The van der Waals surface area contributed by atoms with Crippen molar-refractivity contribution >= 4 is 11.8 Å². The van der Waals surface area contributed by atoms with Crippen LogP contribution in [0.3, 0.4) is 0 Å². The Morgan fingerprint density at radius 2 is 2.26 bits per heavy atom. The number of rotatable bonds is 7. The van der Waals surface area contributed by atoms with Gasteiger partial charge in [0.05, 0.1) is 12.2 Å². The fourth-order valence-corrected chi connectivity index (χ4v) is 1.90. The Morgan fingerprint density at radius 1 is 1.53 bits per heavy atom. The number of aliphatic hydroxyl groups excluding tert-OH is 1. The Morgan fingerprint density at radius 3 is 2.84 bits per heavy atom. The molecule has 1 rings (SSSR count). The summed E-state index contributed by atoms with van der Waals surface area (Å²) in [5.74, 6) is -0.141. The van der Waals surface area contributed by atoms with Gasteiger partial charge in [0, 0.05) is 12.8 Å². The topological polar surface area (TPSA) is 63.6 Å². The summed E-state index contributed by atoms with van der Waals surface area (Å²) in [4.78, 5) is 22.6. The summed E-state index contributed by atoms with van der Waals surface area (Å²) >= 11 is 0. The molecule has 106 valence electrons. The molecule has 0 saturated heterocycles. The van der Waals surface area contributed by atoms with Crippen LogP contribution in [0.1, 0.15) is 46.0 Å². The van der Waals surface area contributed by atoms with Crippen LogP contribution < -0.4 is 0 Å². The highest BCUT2D eigenvalue weighted by Gasteiger charge is 2.20. The fourth-order valence-electron chi connectivity index (χ4n) is 1.90. The van der Waals surface area contributed by atoms with E-state index in [0.717, 1.165) is 12.8 Å². The summed E-state index contributed by atoms with van der Waals surface area (Å²) in [5, 5.41) is 9.27. The van der Waals surface area contributed by atoms with E-state index in [2.05, 4.69) is 0 Å². The Labute approximate surface area is 114 Å². The molecular weight excluding hydrogens is 244 g/mol. The minimum absolute atomic E-state index is 0.0256. The molecule has 0 saturated carbocycles. The van der Waals surface area contributed by atoms with Gasteiger partial charge in [-0.05, 0) is 44.8 Å². The van der Waals surface area contributed by atoms with E-state index in [9.17, 15) is 14.7 Å². The summed E-state index contributed by atoms with van der Waals surface area (Å²) in [6.07, 6.45) is 7.55. The van der Waals surface area contributed by atoms with Crippen molar-refractivity contribution < 1.29 is 19.4 Å². The lowest BCUT2D eigenvalue weighted by Gasteiger charge is -2.06. The first kappa shape index (κ1) is 15.6. The number of carbonyl (C=O) groups excluding carboxylic acids is 2. The van der Waals surface area contributed by atoms with Crippen LogP contribution in [0.15, 0.2) is 23.8 Å². The van der Waals surface area contributed by atoms with Crippen LogP contribution in [-0.2, 0) is 14.3 Å². The number of carbonyl (C=O) groups is 2. The van der Waals surface area contributed by atoms with Crippen LogP contribution in [0.5, 0.6) is 0 Å². The SMILES string of the molecule is CC(C)OC(=O)CCCC=CCC1=CC(O)CC1=O. The van der Waals surface area contributed by atoms with Crippen molar-refractivity contribution in [1.82, 2.24) is 0 Å². The van der Waals surface area contributed by atoms with Crippen LogP contribution in [-0.4, -0.2) is 29.1 Å². The Hall–Kier alpha value is -1.42. The molecule has 1 aliphatic carbocycles. The lowest BCUT2D eigenvalue weighted by atomic mass is 10.1. The highest BCUT2D eigenvalue weighted by molar-refractivity contribution is 5.98. The Bertz CT molecular complexity index is 380. The molecule has 0 aromatic heterocycles. The molecule has 4 nitrogen and oxygen atoms in total. The van der Waals surface area contributed by atoms with Gasteiger partial charge in [0.15, 0.2) is 5.78 Å². The number of esters is 1. The molecule has 0 radical (unpaired) electrons. The number of aliphatic hydroxyl groups is 1. The number of Topliss-reactive ketones (excluding diaryl/α,β-unsaturated/α-hetero) is 1. The maximum absolute atomic E-state index is 11.4. The molecular formula is C15H22O4. The van der Waals surface area contributed by atoms with Crippen molar-refractivity contribution in [1.29, 1.82) is 0 Å². The van der Waals surface area contributed by atoms with Crippen LogP contribution >= 0.6 is 0 Å². The van der Waals surface area contributed by atoms with Crippen molar-refractivity contribution in [2.24, 2.45) is 0 Å². The van der Waals surface area contributed by atoms with E-state index in [1.807, 2.05) is 26.0 Å². The lowest BCUT2D eigenvalue weighted by molar-refractivity contribution is -0.147. The number of hydrogen-bond donors (Lipinski definition) is 1. The molecule has 1 N–H and O–H groups in total. The van der Waals surface area contributed by atoms with Crippen LogP contribution in [0.4, 0.5) is 0 Å². The minimum Gasteiger partial charge on any atom is -0.463 e. The zero-order chi connectivity index (χ0) is 14.3. The van der Waals surface area contributed by atoms with E-state index in [1.165, 1.54) is 0 Å². The molecule has 1 atom stereocenters. The van der Waals surface area contributed by atoms with Crippen LogP contribution in [0.25, 0.3) is 0 Å². The summed E-state index contributed by atoms with van der Waals surface area (Å²) in [5.41, 5.74) is 0.683. The van der Waals surface area contributed by atoms with Gasteiger partial charge < -0.3 is 9.84 Å². The summed E-state index contributed by atoms with van der Waals surface area (Å²) in [7, 11) is 0. The van der Waals surface area contributed by atoms with Crippen molar-refractivity contribution in [3.63, 3.8) is 0 Å². The third kappa shape index (κ3) is 6.34. The standard InChI is InChI=1S/C15H22O4/c1-11(2)19-15(18)8-6-4-3-5-7-12-9-13(16)10-14(12)17/h3,5,9,11,13,16H,4,6-8,10H2,1-2H3. The number of allylic oxidation sites excluding steroid dienone is 3. The first-order valence-corrected chi connectivity index (χ1v) is 6.75. The Balaban J connectivity index is 2.13. The van der Waals surface area contributed by atoms with Gasteiger partial charge in [0.2, 0.25) is 0 Å². The summed E-state index contributed by atoms with van der Waals surface area (Å²) in [6.45, 7) is 3.66. The van der Waals surface area contributed by atoms with Gasteiger partial charge in [-0.3, -0.25) is 9.59 Å².